The van der Waals surface area contributed by atoms with Gasteiger partial charge in [0.25, 0.3) is 0 Å². The Bertz CT molecular complexity index is 258. The summed E-state index contributed by atoms with van der Waals surface area (Å²) in [5, 5.41) is 0. The van der Waals surface area contributed by atoms with Gasteiger partial charge in [0.1, 0.15) is 11.9 Å². The number of hydrogen-bond donors (Lipinski definition) is 1. The zero-order valence-electron chi connectivity index (χ0n) is 8.37. The van der Waals surface area contributed by atoms with Gasteiger partial charge in [0.05, 0.1) is 6.61 Å². The van der Waals surface area contributed by atoms with Crippen LogP contribution in [0.4, 0.5) is 4.39 Å². The first-order valence-electron chi connectivity index (χ1n) is 4.81. The van der Waals surface area contributed by atoms with Gasteiger partial charge in [-0.3, -0.25) is 0 Å². The summed E-state index contributed by atoms with van der Waals surface area (Å²) in [5.41, 5.74) is 6.00. The molecule has 0 saturated carbocycles. The molecule has 0 amide bonds. The Morgan fingerprint density at radius 1 is 1.36 bits per heavy atom. The molecule has 0 aliphatic carbocycles. The minimum atomic E-state index is -0.923. The van der Waals surface area contributed by atoms with E-state index < -0.39 is 6.17 Å². The van der Waals surface area contributed by atoms with Gasteiger partial charge in [0, 0.05) is 0 Å². The molecule has 0 fully saturated rings. The van der Waals surface area contributed by atoms with Crippen molar-refractivity contribution in [1.82, 2.24) is 0 Å². The summed E-state index contributed by atoms with van der Waals surface area (Å²) in [6, 6.07) is 7.04. The van der Waals surface area contributed by atoms with Crippen LogP contribution < -0.4 is 10.5 Å². The monoisotopic (exact) mass is 197 g/mol. The van der Waals surface area contributed by atoms with E-state index in [-0.39, 0.29) is 0 Å². The Balaban J connectivity index is 2.47. The molecule has 1 atom stereocenters. The van der Waals surface area contributed by atoms with E-state index >= 15 is 0 Å². The van der Waals surface area contributed by atoms with Crippen molar-refractivity contribution in [3.05, 3.63) is 29.8 Å². The van der Waals surface area contributed by atoms with E-state index in [0.717, 1.165) is 12.2 Å². The van der Waals surface area contributed by atoms with Crippen LogP contribution in [0, 0.1) is 0 Å². The van der Waals surface area contributed by atoms with Crippen LogP contribution in [0.3, 0.4) is 0 Å². The predicted molar refractivity (Wildman–Crippen MR) is 55.1 cm³/mol. The minimum Gasteiger partial charge on any atom is -0.494 e. The van der Waals surface area contributed by atoms with Crippen molar-refractivity contribution in [2.45, 2.75) is 19.5 Å². The van der Waals surface area contributed by atoms with Gasteiger partial charge in [-0.05, 0) is 37.6 Å². The molecule has 2 N–H and O–H groups in total. The third kappa shape index (κ3) is 3.34. The molecule has 0 spiro atoms. The van der Waals surface area contributed by atoms with Gasteiger partial charge in [-0.25, -0.2) is 4.39 Å². The van der Waals surface area contributed by atoms with E-state index in [1.54, 1.807) is 24.3 Å². The second kappa shape index (κ2) is 5.60. The molecule has 1 aromatic carbocycles. The zero-order valence-corrected chi connectivity index (χ0v) is 8.37. The quantitative estimate of drug-likeness (QED) is 0.736. The normalized spacial score (nSPS) is 12.5. The number of rotatable bonds is 5. The lowest BCUT2D eigenvalue weighted by atomic mass is 10.1. The number of nitrogens with two attached hydrogens (primary N) is 1. The summed E-state index contributed by atoms with van der Waals surface area (Å²) < 4.78 is 18.2. The molecule has 0 saturated heterocycles. The SMILES string of the molecule is CC(F)c1ccc(OCCCN)cc1. The van der Waals surface area contributed by atoms with Gasteiger partial charge >= 0.3 is 0 Å². The van der Waals surface area contributed by atoms with Crippen molar-refractivity contribution in [2.75, 3.05) is 13.2 Å². The lowest BCUT2D eigenvalue weighted by Gasteiger charge is -2.06. The fourth-order valence-electron chi connectivity index (χ4n) is 1.10. The van der Waals surface area contributed by atoms with Gasteiger partial charge in [-0.1, -0.05) is 12.1 Å². The van der Waals surface area contributed by atoms with Gasteiger partial charge < -0.3 is 10.5 Å². The van der Waals surface area contributed by atoms with E-state index in [0.29, 0.717) is 18.7 Å². The van der Waals surface area contributed by atoms with Crippen molar-refractivity contribution in [3.8, 4) is 5.75 Å². The predicted octanol–water partition coefficient (Wildman–Crippen LogP) is 2.44. The molecule has 3 heteroatoms. The molecule has 1 rings (SSSR count). The Labute approximate surface area is 83.9 Å². The molecule has 1 aromatic rings. The largest absolute Gasteiger partial charge is 0.494 e. The average molecular weight is 197 g/mol. The summed E-state index contributed by atoms with van der Waals surface area (Å²) in [4.78, 5) is 0. The van der Waals surface area contributed by atoms with Crippen molar-refractivity contribution in [3.63, 3.8) is 0 Å². The molecule has 0 radical (unpaired) electrons. The first kappa shape index (κ1) is 11.0. The molecule has 0 bridgehead atoms. The molecular formula is C11H16FNO. The minimum absolute atomic E-state index is 0.612. The highest BCUT2D eigenvalue weighted by molar-refractivity contribution is 5.28. The number of halogens is 1. The van der Waals surface area contributed by atoms with E-state index in [2.05, 4.69) is 0 Å². The number of ether oxygens (including phenoxy) is 1. The van der Waals surface area contributed by atoms with E-state index in [1.165, 1.54) is 6.92 Å². The van der Waals surface area contributed by atoms with Crippen molar-refractivity contribution in [2.24, 2.45) is 5.73 Å². The highest BCUT2D eigenvalue weighted by atomic mass is 19.1. The Morgan fingerprint density at radius 2 is 2.00 bits per heavy atom. The lowest BCUT2D eigenvalue weighted by molar-refractivity contribution is 0.312. The van der Waals surface area contributed by atoms with Crippen molar-refractivity contribution >= 4 is 0 Å². The first-order chi connectivity index (χ1) is 6.74. The Kier molecular flexibility index (Phi) is 4.40. The van der Waals surface area contributed by atoms with Crippen LogP contribution in [0.25, 0.3) is 0 Å². The van der Waals surface area contributed by atoms with Crippen LogP contribution in [0.1, 0.15) is 25.1 Å². The molecule has 1 unspecified atom stereocenters. The maximum absolute atomic E-state index is 12.8. The standard InChI is InChI=1S/C11H16FNO/c1-9(12)10-3-5-11(6-4-10)14-8-2-7-13/h3-6,9H,2,7-8,13H2,1H3. The number of hydrogen-bond acceptors (Lipinski definition) is 2. The summed E-state index contributed by atoms with van der Waals surface area (Å²) in [5.74, 6) is 0.767. The molecule has 2 nitrogen and oxygen atoms in total. The fourth-order valence-corrected chi connectivity index (χ4v) is 1.10. The molecule has 14 heavy (non-hydrogen) atoms. The van der Waals surface area contributed by atoms with Gasteiger partial charge in [-0.15, -0.1) is 0 Å². The number of benzene rings is 1. The molecule has 0 aliphatic heterocycles. The maximum Gasteiger partial charge on any atom is 0.122 e. The second-order valence-electron chi connectivity index (χ2n) is 3.18. The summed E-state index contributed by atoms with van der Waals surface area (Å²) in [6.07, 6.45) is -0.0885. The van der Waals surface area contributed by atoms with E-state index in [4.69, 9.17) is 10.5 Å². The average Bonchev–Trinajstić information content (AvgIpc) is 2.19. The van der Waals surface area contributed by atoms with Gasteiger partial charge in [0.2, 0.25) is 0 Å². The van der Waals surface area contributed by atoms with Crippen LogP contribution in [-0.4, -0.2) is 13.2 Å². The van der Waals surface area contributed by atoms with Gasteiger partial charge in [-0.2, -0.15) is 0 Å². The number of alkyl halides is 1. The maximum atomic E-state index is 12.8. The smallest absolute Gasteiger partial charge is 0.122 e. The van der Waals surface area contributed by atoms with Crippen LogP contribution >= 0.6 is 0 Å². The summed E-state index contributed by atoms with van der Waals surface area (Å²) in [6.45, 7) is 2.75. The van der Waals surface area contributed by atoms with Crippen molar-refractivity contribution in [1.29, 1.82) is 0 Å². The van der Waals surface area contributed by atoms with Crippen LogP contribution in [0.5, 0.6) is 5.75 Å². The van der Waals surface area contributed by atoms with E-state index in [1.807, 2.05) is 0 Å². The Hall–Kier alpha value is -1.09. The molecular weight excluding hydrogens is 181 g/mol. The molecule has 0 aromatic heterocycles. The molecule has 0 heterocycles. The molecule has 78 valence electrons. The summed E-state index contributed by atoms with van der Waals surface area (Å²) in [7, 11) is 0. The van der Waals surface area contributed by atoms with Crippen LogP contribution in [0.2, 0.25) is 0 Å². The third-order valence-corrected chi connectivity index (χ3v) is 1.96. The third-order valence-electron chi connectivity index (χ3n) is 1.96. The summed E-state index contributed by atoms with van der Waals surface area (Å²) >= 11 is 0. The first-order valence-corrected chi connectivity index (χ1v) is 4.81. The highest BCUT2D eigenvalue weighted by Gasteiger charge is 2.01. The van der Waals surface area contributed by atoms with E-state index in [9.17, 15) is 4.39 Å². The van der Waals surface area contributed by atoms with Crippen LogP contribution in [-0.2, 0) is 0 Å². The zero-order chi connectivity index (χ0) is 10.4. The lowest BCUT2D eigenvalue weighted by Crippen LogP contribution is -2.06. The van der Waals surface area contributed by atoms with Crippen molar-refractivity contribution < 1.29 is 9.13 Å². The Morgan fingerprint density at radius 3 is 2.50 bits per heavy atom. The molecule has 0 aliphatic rings. The van der Waals surface area contributed by atoms with Gasteiger partial charge in [0.15, 0.2) is 0 Å². The topological polar surface area (TPSA) is 35.2 Å². The fraction of sp³-hybridized carbons (Fsp3) is 0.455. The highest BCUT2D eigenvalue weighted by Crippen LogP contribution is 2.19. The van der Waals surface area contributed by atoms with Crippen LogP contribution in [0.15, 0.2) is 24.3 Å². The second-order valence-corrected chi connectivity index (χ2v) is 3.18.